The third-order valence-electron chi connectivity index (χ3n) is 4.11. The Labute approximate surface area is 100 Å². The topological polar surface area (TPSA) is 21.3 Å². The average molecular weight is 225 g/mol. The molecule has 0 aromatic carbocycles. The molecule has 3 atom stereocenters. The highest BCUT2D eigenvalue weighted by Gasteiger charge is 2.19. The second-order valence-electron chi connectivity index (χ2n) is 5.70. The van der Waals surface area contributed by atoms with E-state index < -0.39 is 0 Å². The number of nitrogens with one attached hydrogen (secondary N) is 1. The fraction of sp³-hybridized carbons (Fsp3) is 1.00. The third kappa shape index (κ3) is 4.06. The maximum Gasteiger partial charge on any atom is 0.0587 e. The predicted molar refractivity (Wildman–Crippen MR) is 67.6 cm³/mol. The molecule has 2 rings (SSSR count). The largest absolute Gasteiger partial charge is 0.378 e. The lowest BCUT2D eigenvalue weighted by molar-refractivity contribution is 0.0109. The average Bonchev–Trinajstić information content (AvgIpc) is 2.30. The number of ether oxygens (including phenoxy) is 1. The van der Waals surface area contributed by atoms with Crippen LogP contribution in [0.15, 0.2) is 0 Å². The maximum atomic E-state index is 5.75. The van der Waals surface area contributed by atoms with Crippen molar-refractivity contribution in [2.24, 2.45) is 5.92 Å². The van der Waals surface area contributed by atoms with Crippen molar-refractivity contribution in [1.29, 1.82) is 0 Å². The monoisotopic (exact) mass is 225 g/mol. The number of hydrogen-bond donors (Lipinski definition) is 1. The van der Waals surface area contributed by atoms with Crippen molar-refractivity contribution in [3.63, 3.8) is 0 Å². The fourth-order valence-corrected chi connectivity index (χ4v) is 3.10. The van der Waals surface area contributed by atoms with Gasteiger partial charge in [-0.3, -0.25) is 0 Å². The number of hydrogen-bond acceptors (Lipinski definition) is 2. The Hall–Kier alpha value is -0.0800. The predicted octanol–water partition coefficient (Wildman–Crippen LogP) is 3.11. The third-order valence-corrected chi connectivity index (χ3v) is 4.11. The van der Waals surface area contributed by atoms with Gasteiger partial charge in [-0.15, -0.1) is 0 Å². The summed E-state index contributed by atoms with van der Waals surface area (Å²) in [7, 11) is 0. The lowest BCUT2D eigenvalue weighted by atomic mass is 9.87. The van der Waals surface area contributed by atoms with Gasteiger partial charge in [0.25, 0.3) is 0 Å². The Morgan fingerprint density at radius 1 is 1.12 bits per heavy atom. The molecule has 2 fully saturated rings. The van der Waals surface area contributed by atoms with Crippen LogP contribution in [0.2, 0.25) is 0 Å². The van der Waals surface area contributed by atoms with E-state index in [9.17, 15) is 0 Å². The molecule has 1 saturated heterocycles. The Kier molecular flexibility index (Phi) is 5.11. The van der Waals surface area contributed by atoms with Crippen LogP contribution in [0.25, 0.3) is 0 Å². The smallest absolute Gasteiger partial charge is 0.0587 e. The van der Waals surface area contributed by atoms with Gasteiger partial charge in [-0.25, -0.2) is 0 Å². The molecule has 16 heavy (non-hydrogen) atoms. The van der Waals surface area contributed by atoms with Gasteiger partial charge in [-0.1, -0.05) is 19.8 Å². The minimum absolute atomic E-state index is 0.544. The first-order valence-corrected chi connectivity index (χ1v) is 7.19. The van der Waals surface area contributed by atoms with E-state index in [0.29, 0.717) is 6.10 Å². The fourth-order valence-electron chi connectivity index (χ4n) is 3.10. The van der Waals surface area contributed by atoms with Crippen molar-refractivity contribution in [3.8, 4) is 0 Å². The summed E-state index contributed by atoms with van der Waals surface area (Å²) in [4.78, 5) is 0. The van der Waals surface area contributed by atoms with Crippen LogP contribution in [0.3, 0.4) is 0 Å². The second kappa shape index (κ2) is 6.61. The first-order valence-electron chi connectivity index (χ1n) is 7.19. The van der Waals surface area contributed by atoms with Gasteiger partial charge in [0.15, 0.2) is 0 Å². The van der Waals surface area contributed by atoms with Crippen molar-refractivity contribution in [2.45, 2.75) is 70.4 Å². The number of rotatable bonds is 4. The van der Waals surface area contributed by atoms with Gasteiger partial charge in [-0.05, 0) is 51.0 Å². The first-order chi connectivity index (χ1) is 7.84. The van der Waals surface area contributed by atoms with Gasteiger partial charge >= 0.3 is 0 Å². The highest BCUT2D eigenvalue weighted by Crippen LogP contribution is 2.23. The molecule has 0 amide bonds. The molecule has 0 spiro atoms. The summed E-state index contributed by atoms with van der Waals surface area (Å²) >= 11 is 0. The Balaban J connectivity index is 1.56. The van der Waals surface area contributed by atoms with E-state index in [0.717, 1.165) is 25.1 Å². The molecule has 1 aliphatic heterocycles. The molecule has 1 heterocycles. The highest BCUT2D eigenvalue weighted by atomic mass is 16.5. The summed E-state index contributed by atoms with van der Waals surface area (Å²) in [5, 5.41) is 3.72. The van der Waals surface area contributed by atoms with Gasteiger partial charge in [0.05, 0.1) is 6.10 Å². The Morgan fingerprint density at radius 3 is 2.81 bits per heavy atom. The van der Waals surface area contributed by atoms with E-state index >= 15 is 0 Å². The van der Waals surface area contributed by atoms with Crippen LogP contribution < -0.4 is 5.32 Å². The summed E-state index contributed by atoms with van der Waals surface area (Å²) in [6, 6.07) is 0.785. The van der Waals surface area contributed by atoms with Crippen LogP contribution in [0.4, 0.5) is 0 Å². The molecule has 0 aromatic heterocycles. The standard InChI is InChI=1S/C14H27NO/c1-12-5-4-6-13(11-12)15-9-8-14-7-2-3-10-16-14/h12-15H,2-11H2,1H3. The Bertz CT molecular complexity index is 189. The van der Waals surface area contributed by atoms with Crippen LogP contribution in [0.5, 0.6) is 0 Å². The highest BCUT2D eigenvalue weighted by molar-refractivity contribution is 4.76. The molecular formula is C14H27NO. The van der Waals surface area contributed by atoms with Crippen LogP contribution in [-0.2, 0) is 4.74 Å². The summed E-state index contributed by atoms with van der Waals surface area (Å²) in [5.74, 6) is 0.928. The zero-order valence-electron chi connectivity index (χ0n) is 10.7. The van der Waals surface area contributed by atoms with Gasteiger partial charge < -0.3 is 10.1 Å². The van der Waals surface area contributed by atoms with Crippen molar-refractivity contribution >= 4 is 0 Å². The van der Waals surface area contributed by atoms with Crippen LogP contribution >= 0.6 is 0 Å². The van der Waals surface area contributed by atoms with Crippen LogP contribution in [-0.4, -0.2) is 25.3 Å². The summed E-state index contributed by atoms with van der Waals surface area (Å²) < 4.78 is 5.75. The lowest BCUT2D eigenvalue weighted by Gasteiger charge is -2.29. The molecule has 2 nitrogen and oxygen atoms in total. The summed E-state index contributed by atoms with van der Waals surface area (Å²) in [5.41, 5.74) is 0. The molecule has 0 aromatic rings. The van der Waals surface area contributed by atoms with E-state index in [4.69, 9.17) is 4.74 Å². The van der Waals surface area contributed by atoms with Gasteiger partial charge in [-0.2, -0.15) is 0 Å². The molecule has 1 saturated carbocycles. The summed E-state index contributed by atoms with van der Waals surface area (Å²) in [6.45, 7) is 4.53. The van der Waals surface area contributed by atoms with Crippen molar-refractivity contribution in [2.75, 3.05) is 13.2 Å². The zero-order chi connectivity index (χ0) is 11.2. The van der Waals surface area contributed by atoms with Crippen molar-refractivity contribution in [3.05, 3.63) is 0 Å². The zero-order valence-corrected chi connectivity index (χ0v) is 10.7. The minimum atomic E-state index is 0.544. The van der Waals surface area contributed by atoms with E-state index in [1.54, 1.807) is 0 Å². The molecular weight excluding hydrogens is 198 g/mol. The molecule has 3 unspecified atom stereocenters. The van der Waals surface area contributed by atoms with Gasteiger partial charge in [0.2, 0.25) is 0 Å². The SMILES string of the molecule is CC1CCCC(NCCC2CCCCO2)C1. The lowest BCUT2D eigenvalue weighted by Crippen LogP contribution is -2.36. The van der Waals surface area contributed by atoms with E-state index in [-0.39, 0.29) is 0 Å². The van der Waals surface area contributed by atoms with E-state index in [2.05, 4.69) is 12.2 Å². The molecule has 1 aliphatic carbocycles. The minimum Gasteiger partial charge on any atom is -0.378 e. The van der Waals surface area contributed by atoms with E-state index in [1.807, 2.05) is 0 Å². The summed E-state index contributed by atoms with van der Waals surface area (Å²) in [6.07, 6.45) is 11.3. The molecule has 94 valence electrons. The second-order valence-corrected chi connectivity index (χ2v) is 5.70. The normalized spacial score (nSPS) is 36.2. The molecule has 2 heteroatoms. The van der Waals surface area contributed by atoms with Crippen LogP contribution in [0, 0.1) is 5.92 Å². The van der Waals surface area contributed by atoms with Crippen LogP contribution in [0.1, 0.15) is 58.3 Å². The van der Waals surface area contributed by atoms with Crippen molar-refractivity contribution in [1.82, 2.24) is 5.32 Å². The maximum absolute atomic E-state index is 5.75. The van der Waals surface area contributed by atoms with Gasteiger partial charge in [0, 0.05) is 12.6 Å². The van der Waals surface area contributed by atoms with Gasteiger partial charge in [0.1, 0.15) is 0 Å². The molecule has 2 aliphatic rings. The van der Waals surface area contributed by atoms with Crippen molar-refractivity contribution < 1.29 is 4.74 Å². The quantitative estimate of drug-likeness (QED) is 0.794. The molecule has 0 bridgehead atoms. The molecule has 0 radical (unpaired) electrons. The van der Waals surface area contributed by atoms with E-state index in [1.165, 1.54) is 51.4 Å². The first kappa shape index (κ1) is 12.4. The molecule has 1 N–H and O–H groups in total. The Morgan fingerprint density at radius 2 is 2.06 bits per heavy atom.